The van der Waals surface area contributed by atoms with E-state index < -0.39 is 0 Å². The summed E-state index contributed by atoms with van der Waals surface area (Å²) in [6.45, 7) is 2.15. The number of H-pyrrole nitrogens is 1. The molecule has 19 heavy (non-hydrogen) atoms. The number of carbonyl (C=O) groups is 1. The molecule has 5 nitrogen and oxygen atoms in total. The highest BCUT2D eigenvalue weighted by Gasteiger charge is 2.16. The Bertz CT molecular complexity index is 606. The van der Waals surface area contributed by atoms with Crippen molar-refractivity contribution >= 4 is 17.2 Å². The van der Waals surface area contributed by atoms with Crippen LogP contribution in [0.15, 0.2) is 23.8 Å². The fraction of sp³-hybridized carbons (Fsp3) is 0.231. The molecule has 0 saturated heterocycles. The Hall–Kier alpha value is -2.10. The number of hydrogen-bond acceptors (Lipinski definition) is 4. The van der Waals surface area contributed by atoms with Crippen molar-refractivity contribution in [2.75, 3.05) is 6.54 Å². The second kappa shape index (κ2) is 6.18. The smallest absolute Gasteiger partial charge is 0.263 e. The molecule has 0 aromatic carbocycles. The molecule has 0 aliphatic carbocycles. The van der Waals surface area contributed by atoms with Gasteiger partial charge in [-0.3, -0.25) is 4.79 Å². The largest absolute Gasteiger partial charge is 0.347 e. The van der Waals surface area contributed by atoms with E-state index in [0.717, 1.165) is 5.82 Å². The maximum absolute atomic E-state index is 12.2. The lowest BCUT2D eigenvalue weighted by Crippen LogP contribution is -2.27. The average Bonchev–Trinajstić information content (AvgIpc) is 3.07. The van der Waals surface area contributed by atoms with Gasteiger partial charge in [0.15, 0.2) is 0 Å². The van der Waals surface area contributed by atoms with Crippen LogP contribution in [-0.4, -0.2) is 22.4 Å². The summed E-state index contributed by atoms with van der Waals surface area (Å²) in [6.07, 6.45) is 3.38. The van der Waals surface area contributed by atoms with Gasteiger partial charge < -0.3 is 16.0 Å². The van der Waals surface area contributed by atoms with Crippen molar-refractivity contribution in [3.8, 4) is 11.8 Å². The van der Waals surface area contributed by atoms with E-state index in [9.17, 15) is 4.79 Å². The van der Waals surface area contributed by atoms with Crippen LogP contribution >= 0.6 is 11.3 Å². The summed E-state index contributed by atoms with van der Waals surface area (Å²) in [5.41, 5.74) is 6.04. The molecule has 0 spiro atoms. The van der Waals surface area contributed by atoms with Crippen LogP contribution in [0.1, 0.15) is 34.0 Å². The van der Waals surface area contributed by atoms with Crippen LogP contribution in [0.3, 0.4) is 0 Å². The van der Waals surface area contributed by atoms with Gasteiger partial charge in [-0.15, -0.1) is 11.3 Å². The number of amides is 1. The molecule has 4 N–H and O–H groups in total. The normalized spacial score (nSPS) is 11.5. The van der Waals surface area contributed by atoms with E-state index in [0.29, 0.717) is 10.4 Å². The van der Waals surface area contributed by atoms with Crippen molar-refractivity contribution in [3.63, 3.8) is 0 Å². The Morgan fingerprint density at radius 3 is 3.21 bits per heavy atom. The van der Waals surface area contributed by atoms with E-state index in [-0.39, 0.29) is 18.5 Å². The van der Waals surface area contributed by atoms with Crippen LogP contribution < -0.4 is 11.1 Å². The predicted octanol–water partition coefficient (Wildman–Crippen LogP) is 1.27. The van der Waals surface area contributed by atoms with E-state index in [1.807, 2.05) is 18.4 Å². The van der Waals surface area contributed by atoms with Gasteiger partial charge in [-0.2, -0.15) is 0 Å². The van der Waals surface area contributed by atoms with Crippen molar-refractivity contribution in [2.45, 2.75) is 13.0 Å². The first-order chi connectivity index (χ1) is 9.22. The summed E-state index contributed by atoms with van der Waals surface area (Å²) >= 11 is 1.36. The molecule has 1 amide bonds. The first-order valence-corrected chi connectivity index (χ1v) is 6.67. The van der Waals surface area contributed by atoms with E-state index in [1.165, 1.54) is 11.3 Å². The summed E-state index contributed by atoms with van der Waals surface area (Å²) in [5, 5.41) is 4.72. The topological polar surface area (TPSA) is 83.8 Å². The third-order valence-corrected chi connectivity index (χ3v) is 3.39. The number of aromatic amines is 1. The molecular weight excluding hydrogens is 260 g/mol. The highest BCUT2D eigenvalue weighted by atomic mass is 32.1. The standard InChI is InChI=1S/C13H14N4OS/c1-9(12-15-6-7-16-12)17-13(18)11-10(3-2-5-14)4-8-19-11/h4,6-9H,5,14H2,1H3,(H,15,16)(H,17,18). The van der Waals surface area contributed by atoms with Gasteiger partial charge in [-0.05, 0) is 18.4 Å². The number of hydrogen-bond donors (Lipinski definition) is 3. The number of nitrogens with one attached hydrogen (secondary N) is 2. The summed E-state index contributed by atoms with van der Waals surface area (Å²) in [6, 6.07) is 1.64. The molecule has 98 valence electrons. The fourth-order valence-corrected chi connectivity index (χ4v) is 2.33. The molecule has 0 bridgehead atoms. The molecule has 2 rings (SSSR count). The number of nitrogens with two attached hydrogens (primary N) is 1. The third-order valence-electron chi connectivity index (χ3n) is 2.47. The fourth-order valence-electron chi connectivity index (χ4n) is 1.57. The Kier molecular flexibility index (Phi) is 4.34. The minimum Gasteiger partial charge on any atom is -0.347 e. The molecule has 2 heterocycles. The van der Waals surface area contributed by atoms with Crippen LogP contribution in [0.2, 0.25) is 0 Å². The van der Waals surface area contributed by atoms with Crippen molar-refractivity contribution in [2.24, 2.45) is 5.73 Å². The molecule has 0 fully saturated rings. The van der Waals surface area contributed by atoms with Crippen LogP contribution in [0.4, 0.5) is 0 Å². The summed E-state index contributed by atoms with van der Waals surface area (Å²) in [5.74, 6) is 6.21. The second-order valence-electron chi connectivity index (χ2n) is 3.84. The molecule has 0 radical (unpaired) electrons. The molecule has 0 aliphatic rings. The van der Waals surface area contributed by atoms with Crippen molar-refractivity contribution in [1.82, 2.24) is 15.3 Å². The Balaban J connectivity index is 2.10. The van der Waals surface area contributed by atoms with Gasteiger partial charge in [-0.1, -0.05) is 11.8 Å². The SMILES string of the molecule is CC(NC(=O)c1sccc1C#CCN)c1ncc[nH]1. The quantitative estimate of drug-likeness (QED) is 0.737. The lowest BCUT2D eigenvalue weighted by molar-refractivity contribution is 0.0942. The lowest BCUT2D eigenvalue weighted by atomic mass is 10.2. The number of thiophene rings is 1. The zero-order valence-electron chi connectivity index (χ0n) is 10.4. The highest BCUT2D eigenvalue weighted by molar-refractivity contribution is 7.12. The van der Waals surface area contributed by atoms with Crippen LogP contribution in [0.5, 0.6) is 0 Å². The summed E-state index contributed by atoms with van der Waals surface area (Å²) in [7, 11) is 0. The zero-order valence-corrected chi connectivity index (χ0v) is 11.3. The second-order valence-corrected chi connectivity index (χ2v) is 4.75. The number of aromatic nitrogens is 2. The third kappa shape index (κ3) is 3.22. The molecule has 1 atom stereocenters. The van der Waals surface area contributed by atoms with Gasteiger partial charge in [0.2, 0.25) is 0 Å². The van der Waals surface area contributed by atoms with Crippen LogP contribution in [0.25, 0.3) is 0 Å². The Morgan fingerprint density at radius 1 is 1.68 bits per heavy atom. The van der Waals surface area contributed by atoms with Crippen molar-refractivity contribution < 1.29 is 4.79 Å². The van der Waals surface area contributed by atoms with Crippen LogP contribution in [0, 0.1) is 11.8 Å². The van der Waals surface area contributed by atoms with E-state index >= 15 is 0 Å². The van der Waals surface area contributed by atoms with E-state index in [2.05, 4.69) is 27.1 Å². The minimum atomic E-state index is -0.181. The molecule has 2 aromatic heterocycles. The van der Waals surface area contributed by atoms with Gasteiger partial charge >= 0.3 is 0 Å². The lowest BCUT2D eigenvalue weighted by Gasteiger charge is -2.10. The van der Waals surface area contributed by atoms with Gasteiger partial charge in [0.25, 0.3) is 5.91 Å². The van der Waals surface area contributed by atoms with Gasteiger partial charge in [0, 0.05) is 18.0 Å². The molecule has 1 unspecified atom stereocenters. The maximum Gasteiger partial charge on any atom is 0.263 e. The maximum atomic E-state index is 12.2. The first-order valence-electron chi connectivity index (χ1n) is 5.79. The Labute approximate surface area is 115 Å². The highest BCUT2D eigenvalue weighted by Crippen LogP contribution is 2.17. The van der Waals surface area contributed by atoms with Crippen molar-refractivity contribution in [1.29, 1.82) is 0 Å². The molecule has 0 saturated carbocycles. The van der Waals surface area contributed by atoms with E-state index in [4.69, 9.17) is 5.73 Å². The summed E-state index contributed by atoms with van der Waals surface area (Å²) < 4.78 is 0. The molecule has 2 aromatic rings. The van der Waals surface area contributed by atoms with Crippen molar-refractivity contribution in [3.05, 3.63) is 40.1 Å². The number of rotatable bonds is 3. The van der Waals surface area contributed by atoms with Gasteiger partial charge in [0.1, 0.15) is 10.7 Å². The van der Waals surface area contributed by atoms with Gasteiger partial charge in [-0.25, -0.2) is 4.98 Å². The molecule has 0 aliphatic heterocycles. The molecular formula is C13H14N4OS. The number of imidazole rings is 1. The van der Waals surface area contributed by atoms with Gasteiger partial charge in [0.05, 0.1) is 12.6 Å². The minimum absolute atomic E-state index is 0.153. The summed E-state index contributed by atoms with van der Waals surface area (Å²) in [4.78, 5) is 19.8. The van der Waals surface area contributed by atoms with E-state index in [1.54, 1.807) is 12.4 Å². The number of carbonyl (C=O) groups excluding carboxylic acids is 1. The first kappa shape index (κ1) is 13.3. The molecule has 6 heteroatoms. The Morgan fingerprint density at radius 2 is 2.53 bits per heavy atom. The van der Waals surface area contributed by atoms with Crippen LogP contribution in [-0.2, 0) is 0 Å². The average molecular weight is 274 g/mol. The zero-order chi connectivity index (χ0) is 13.7. The monoisotopic (exact) mass is 274 g/mol. The predicted molar refractivity (Wildman–Crippen MR) is 74.7 cm³/mol. The number of nitrogens with zero attached hydrogens (tertiary/aromatic N) is 1.